The van der Waals surface area contributed by atoms with Crippen molar-refractivity contribution >= 4 is 35.1 Å². The fourth-order valence-electron chi connectivity index (χ4n) is 0.591. The molecule has 1 heterocycles. The Labute approximate surface area is 79.6 Å². The SMILES string of the molecule is NC(=S)NN=CCc1ccsn1. The van der Waals surface area contributed by atoms with Crippen LogP contribution in [0.5, 0.6) is 0 Å². The molecule has 0 saturated heterocycles. The van der Waals surface area contributed by atoms with Crippen LogP contribution < -0.4 is 11.2 Å². The molecule has 0 saturated carbocycles. The van der Waals surface area contributed by atoms with Crippen LogP contribution in [0.25, 0.3) is 0 Å². The molecule has 1 aromatic rings. The Kier molecular flexibility index (Phi) is 3.62. The maximum Gasteiger partial charge on any atom is 0.184 e. The number of rotatable bonds is 3. The summed E-state index contributed by atoms with van der Waals surface area (Å²) >= 11 is 5.97. The molecule has 12 heavy (non-hydrogen) atoms. The first kappa shape index (κ1) is 9.08. The quantitative estimate of drug-likeness (QED) is 0.424. The molecule has 6 heteroatoms. The standard InChI is InChI=1S/C6H8N4S2/c7-6(11)9-8-3-1-5-2-4-12-10-5/h2-4H,1H2,(H3,7,9,11). The van der Waals surface area contributed by atoms with Gasteiger partial charge in [-0.25, -0.2) is 0 Å². The minimum absolute atomic E-state index is 0.171. The van der Waals surface area contributed by atoms with Crippen molar-refractivity contribution in [2.45, 2.75) is 6.42 Å². The zero-order chi connectivity index (χ0) is 8.81. The predicted molar refractivity (Wildman–Crippen MR) is 54.2 cm³/mol. The lowest BCUT2D eigenvalue weighted by molar-refractivity contribution is 1.03. The number of thiocarbonyl (C=S) groups is 1. The van der Waals surface area contributed by atoms with Gasteiger partial charge >= 0.3 is 0 Å². The van der Waals surface area contributed by atoms with Crippen LogP contribution in [0.3, 0.4) is 0 Å². The molecule has 1 aromatic heterocycles. The molecule has 0 fully saturated rings. The van der Waals surface area contributed by atoms with Crippen LogP contribution in [0, 0.1) is 0 Å². The van der Waals surface area contributed by atoms with Crippen LogP contribution in [0.2, 0.25) is 0 Å². The maximum absolute atomic E-state index is 5.14. The van der Waals surface area contributed by atoms with Gasteiger partial charge in [0.1, 0.15) is 0 Å². The first-order chi connectivity index (χ1) is 5.79. The lowest BCUT2D eigenvalue weighted by Crippen LogP contribution is -2.24. The van der Waals surface area contributed by atoms with Crippen LogP contribution in [0.4, 0.5) is 0 Å². The van der Waals surface area contributed by atoms with E-state index in [-0.39, 0.29) is 5.11 Å². The molecular formula is C6H8N4S2. The van der Waals surface area contributed by atoms with Crippen LogP contribution in [0.1, 0.15) is 5.69 Å². The summed E-state index contributed by atoms with van der Waals surface area (Å²) in [6.07, 6.45) is 2.37. The van der Waals surface area contributed by atoms with Gasteiger partial charge < -0.3 is 5.73 Å². The first-order valence-electron chi connectivity index (χ1n) is 3.25. The molecule has 0 atom stereocenters. The van der Waals surface area contributed by atoms with E-state index in [1.165, 1.54) is 11.5 Å². The topological polar surface area (TPSA) is 63.3 Å². The smallest absolute Gasteiger partial charge is 0.184 e. The molecule has 64 valence electrons. The Morgan fingerprint density at radius 3 is 3.33 bits per heavy atom. The molecule has 0 aliphatic rings. The van der Waals surface area contributed by atoms with Gasteiger partial charge in [0.2, 0.25) is 0 Å². The van der Waals surface area contributed by atoms with Crippen molar-refractivity contribution in [3.8, 4) is 0 Å². The van der Waals surface area contributed by atoms with Crippen molar-refractivity contribution in [3.63, 3.8) is 0 Å². The summed E-state index contributed by atoms with van der Waals surface area (Å²) in [6, 6.07) is 1.94. The Morgan fingerprint density at radius 2 is 2.75 bits per heavy atom. The van der Waals surface area contributed by atoms with Crippen LogP contribution in [-0.2, 0) is 6.42 Å². The largest absolute Gasteiger partial charge is 0.375 e. The van der Waals surface area contributed by atoms with Gasteiger partial charge in [0.25, 0.3) is 0 Å². The van der Waals surface area contributed by atoms with E-state index in [2.05, 4.69) is 27.1 Å². The van der Waals surface area contributed by atoms with Gasteiger partial charge in [-0.2, -0.15) is 9.47 Å². The molecule has 0 aromatic carbocycles. The Hall–Kier alpha value is -1.01. The number of aromatic nitrogens is 1. The van der Waals surface area contributed by atoms with Gasteiger partial charge in [0, 0.05) is 18.0 Å². The second-order valence-corrected chi connectivity index (χ2v) is 3.09. The third-order valence-electron chi connectivity index (χ3n) is 1.06. The van der Waals surface area contributed by atoms with Gasteiger partial charge in [-0.15, -0.1) is 0 Å². The monoisotopic (exact) mass is 200 g/mol. The average Bonchev–Trinajstić information content (AvgIpc) is 2.49. The highest BCUT2D eigenvalue weighted by molar-refractivity contribution is 7.80. The highest BCUT2D eigenvalue weighted by Gasteiger charge is 1.89. The van der Waals surface area contributed by atoms with E-state index in [1.54, 1.807) is 6.21 Å². The maximum atomic E-state index is 5.14. The molecular weight excluding hydrogens is 192 g/mol. The van der Waals surface area contributed by atoms with E-state index in [0.717, 1.165) is 5.69 Å². The zero-order valence-corrected chi connectivity index (χ0v) is 7.86. The molecule has 3 N–H and O–H groups in total. The number of hydrogen-bond acceptors (Lipinski definition) is 4. The number of nitrogens with two attached hydrogens (primary N) is 1. The Morgan fingerprint density at radius 1 is 1.92 bits per heavy atom. The summed E-state index contributed by atoms with van der Waals surface area (Å²) in [7, 11) is 0. The van der Waals surface area contributed by atoms with Crippen molar-refractivity contribution in [2.24, 2.45) is 10.8 Å². The van der Waals surface area contributed by atoms with Crippen molar-refractivity contribution in [1.82, 2.24) is 9.80 Å². The summed E-state index contributed by atoms with van der Waals surface area (Å²) in [6.45, 7) is 0. The van der Waals surface area contributed by atoms with E-state index in [9.17, 15) is 0 Å². The second kappa shape index (κ2) is 4.78. The summed E-state index contributed by atoms with van der Waals surface area (Å²) in [5, 5.41) is 5.86. The second-order valence-electron chi connectivity index (χ2n) is 1.98. The minimum Gasteiger partial charge on any atom is -0.375 e. The van der Waals surface area contributed by atoms with E-state index in [4.69, 9.17) is 5.73 Å². The molecule has 0 amide bonds. The summed E-state index contributed by atoms with van der Waals surface area (Å²) in [5.74, 6) is 0. The van der Waals surface area contributed by atoms with Crippen molar-refractivity contribution in [2.75, 3.05) is 0 Å². The van der Waals surface area contributed by atoms with Crippen molar-refractivity contribution in [3.05, 3.63) is 17.1 Å². The van der Waals surface area contributed by atoms with Gasteiger partial charge in [-0.1, -0.05) is 0 Å². The highest BCUT2D eigenvalue weighted by Crippen LogP contribution is 1.98. The highest BCUT2D eigenvalue weighted by atomic mass is 32.1. The fourth-order valence-corrected chi connectivity index (χ4v) is 1.19. The number of nitrogens with zero attached hydrogens (tertiary/aromatic N) is 2. The average molecular weight is 200 g/mol. The van der Waals surface area contributed by atoms with E-state index < -0.39 is 0 Å². The normalized spacial score (nSPS) is 10.3. The third kappa shape index (κ3) is 3.40. The summed E-state index contributed by atoms with van der Waals surface area (Å²) in [4.78, 5) is 0. The molecule has 0 spiro atoms. The van der Waals surface area contributed by atoms with Crippen LogP contribution >= 0.6 is 23.8 Å². The summed E-state index contributed by atoms with van der Waals surface area (Å²) in [5.41, 5.74) is 8.60. The lowest BCUT2D eigenvalue weighted by Gasteiger charge is -1.91. The first-order valence-corrected chi connectivity index (χ1v) is 4.50. The Balaban J connectivity index is 2.26. The van der Waals surface area contributed by atoms with E-state index in [0.29, 0.717) is 6.42 Å². The van der Waals surface area contributed by atoms with E-state index >= 15 is 0 Å². The molecule has 0 radical (unpaired) electrons. The predicted octanol–water partition coefficient (Wildman–Crippen LogP) is 0.505. The van der Waals surface area contributed by atoms with Gasteiger partial charge in [0.05, 0.1) is 5.69 Å². The van der Waals surface area contributed by atoms with E-state index in [1.807, 2.05) is 11.4 Å². The molecule has 0 unspecified atom stereocenters. The van der Waals surface area contributed by atoms with Gasteiger partial charge in [-0.3, -0.25) is 5.43 Å². The zero-order valence-electron chi connectivity index (χ0n) is 6.23. The summed E-state index contributed by atoms with van der Waals surface area (Å²) < 4.78 is 4.09. The third-order valence-corrected chi connectivity index (χ3v) is 1.75. The van der Waals surface area contributed by atoms with Crippen LogP contribution in [0.15, 0.2) is 16.5 Å². The molecule has 0 bridgehead atoms. The molecule has 0 aliphatic carbocycles. The Bertz CT molecular complexity index is 267. The molecule has 0 aliphatic heterocycles. The fraction of sp³-hybridized carbons (Fsp3) is 0.167. The number of nitrogens with one attached hydrogen (secondary N) is 1. The van der Waals surface area contributed by atoms with Gasteiger partial charge in [-0.05, 0) is 29.8 Å². The molecule has 4 nitrogen and oxygen atoms in total. The van der Waals surface area contributed by atoms with Crippen molar-refractivity contribution < 1.29 is 0 Å². The number of hydrogen-bond donors (Lipinski definition) is 2. The van der Waals surface area contributed by atoms with Crippen molar-refractivity contribution in [1.29, 1.82) is 0 Å². The lowest BCUT2D eigenvalue weighted by atomic mass is 10.3. The minimum atomic E-state index is 0.171. The molecule has 1 rings (SSSR count). The number of hydrazone groups is 1. The van der Waals surface area contributed by atoms with Crippen LogP contribution in [-0.4, -0.2) is 15.7 Å². The van der Waals surface area contributed by atoms with Gasteiger partial charge in [0.15, 0.2) is 5.11 Å².